The van der Waals surface area contributed by atoms with Crippen LogP contribution in [0, 0.1) is 0 Å². The fourth-order valence-corrected chi connectivity index (χ4v) is 1.37. The number of amides is 2. The number of nitrogens with one attached hydrogen (secondary N) is 2. The summed E-state index contributed by atoms with van der Waals surface area (Å²) in [7, 11) is 0. The number of benzene rings is 1. The van der Waals surface area contributed by atoms with Crippen molar-refractivity contribution >= 4 is 11.7 Å². The predicted molar refractivity (Wildman–Crippen MR) is 72.1 cm³/mol. The summed E-state index contributed by atoms with van der Waals surface area (Å²) in [5.74, 6) is 0.505. The van der Waals surface area contributed by atoms with E-state index >= 15 is 0 Å². The van der Waals surface area contributed by atoms with E-state index in [4.69, 9.17) is 0 Å². The molecule has 0 saturated heterocycles. The number of anilines is 1. The molecule has 2 amide bonds. The second kappa shape index (κ2) is 6.74. The van der Waals surface area contributed by atoms with E-state index in [1.165, 1.54) is 5.56 Å². The monoisotopic (exact) mass is 232 g/mol. The molecule has 0 spiro atoms. The highest BCUT2D eigenvalue weighted by molar-refractivity contribution is 5.89. The third-order valence-corrected chi connectivity index (χ3v) is 2.40. The molecule has 1 rings (SSSR count). The maximum absolute atomic E-state index is 11.4. The fraction of sp³-hybridized carbons (Fsp3) is 0.357. The fourth-order valence-electron chi connectivity index (χ4n) is 1.37. The van der Waals surface area contributed by atoms with Gasteiger partial charge in [-0.15, -0.1) is 0 Å². The average molecular weight is 232 g/mol. The van der Waals surface area contributed by atoms with Crippen molar-refractivity contribution in [3.05, 3.63) is 42.1 Å². The third kappa shape index (κ3) is 4.72. The van der Waals surface area contributed by atoms with Crippen molar-refractivity contribution < 1.29 is 4.79 Å². The van der Waals surface area contributed by atoms with E-state index in [0.29, 0.717) is 5.92 Å². The molecule has 0 aromatic heterocycles. The first-order valence-electron chi connectivity index (χ1n) is 5.96. The third-order valence-electron chi connectivity index (χ3n) is 2.40. The molecule has 0 bridgehead atoms. The minimum Gasteiger partial charge on any atom is -0.315 e. The van der Waals surface area contributed by atoms with Gasteiger partial charge in [-0.2, -0.15) is 0 Å². The van der Waals surface area contributed by atoms with Crippen LogP contribution in [0.5, 0.6) is 0 Å². The van der Waals surface area contributed by atoms with Gasteiger partial charge in [0.1, 0.15) is 0 Å². The molecule has 0 fully saturated rings. The number of hydrogen-bond donors (Lipinski definition) is 2. The van der Waals surface area contributed by atoms with Crippen LogP contribution in [0.4, 0.5) is 10.5 Å². The molecule has 0 aliphatic carbocycles. The van der Waals surface area contributed by atoms with Crippen molar-refractivity contribution in [2.75, 3.05) is 5.32 Å². The first-order valence-corrected chi connectivity index (χ1v) is 5.96. The Kier molecular flexibility index (Phi) is 5.27. The van der Waals surface area contributed by atoms with E-state index in [1.807, 2.05) is 37.3 Å². The van der Waals surface area contributed by atoms with Crippen LogP contribution in [-0.4, -0.2) is 6.03 Å². The van der Waals surface area contributed by atoms with Crippen molar-refractivity contribution in [1.82, 2.24) is 5.32 Å². The van der Waals surface area contributed by atoms with Crippen molar-refractivity contribution in [3.8, 4) is 0 Å². The molecule has 1 aromatic rings. The summed E-state index contributed by atoms with van der Waals surface area (Å²) in [6.45, 7) is 6.30. The molecule has 2 N–H and O–H groups in total. The second-order valence-electron chi connectivity index (χ2n) is 4.19. The lowest BCUT2D eigenvalue weighted by Gasteiger charge is -2.08. The zero-order valence-electron chi connectivity index (χ0n) is 10.7. The van der Waals surface area contributed by atoms with Gasteiger partial charge < -0.3 is 10.6 Å². The maximum Gasteiger partial charge on any atom is 0.323 e. The topological polar surface area (TPSA) is 41.1 Å². The van der Waals surface area contributed by atoms with Crippen LogP contribution >= 0.6 is 0 Å². The van der Waals surface area contributed by atoms with Crippen molar-refractivity contribution in [1.29, 1.82) is 0 Å². The van der Waals surface area contributed by atoms with E-state index in [9.17, 15) is 4.79 Å². The van der Waals surface area contributed by atoms with Gasteiger partial charge in [0.25, 0.3) is 0 Å². The van der Waals surface area contributed by atoms with E-state index in [2.05, 4.69) is 24.5 Å². The van der Waals surface area contributed by atoms with Gasteiger partial charge in [0.15, 0.2) is 0 Å². The summed E-state index contributed by atoms with van der Waals surface area (Å²) >= 11 is 0. The number of rotatable bonds is 4. The van der Waals surface area contributed by atoms with Gasteiger partial charge in [-0.3, -0.25) is 0 Å². The lowest BCUT2D eigenvalue weighted by Crippen LogP contribution is -2.23. The normalized spacial score (nSPS) is 10.8. The molecule has 0 saturated carbocycles. The number of hydrogen-bond acceptors (Lipinski definition) is 1. The quantitative estimate of drug-likeness (QED) is 0.813. The number of allylic oxidation sites excluding steroid dienone is 1. The summed E-state index contributed by atoms with van der Waals surface area (Å²) in [6.07, 6.45) is 4.45. The lowest BCUT2D eigenvalue weighted by atomic mass is 10.0. The standard InChI is InChI=1S/C14H20N2O/c1-4-5-10-15-14(17)16-13-8-6-12(7-9-13)11(2)3/h5-11H,4H2,1-3H3,(H2,15,16,17)/b10-5+. The molecule has 0 unspecified atom stereocenters. The van der Waals surface area contributed by atoms with Gasteiger partial charge in [0, 0.05) is 11.9 Å². The summed E-state index contributed by atoms with van der Waals surface area (Å²) < 4.78 is 0. The van der Waals surface area contributed by atoms with Crippen LogP contribution < -0.4 is 10.6 Å². The second-order valence-corrected chi connectivity index (χ2v) is 4.19. The highest BCUT2D eigenvalue weighted by atomic mass is 16.2. The molecule has 0 heterocycles. The van der Waals surface area contributed by atoms with Crippen LogP contribution in [0.15, 0.2) is 36.5 Å². The zero-order valence-corrected chi connectivity index (χ0v) is 10.7. The molecular formula is C14H20N2O. The summed E-state index contributed by atoms with van der Waals surface area (Å²) in [5.41, 5.74) is 2.07. The van der Waals surface area contributed by atoms with E-state index in [-0.39, 0.29) is 6.03 Å². The highest BCUT2D eigenvalue weighted by Crippen LogP contribution is 2.16. The molecule has 0 aliphatic rings. The Morgan fingerprint density at radius 2 is 1.94 bits per heavy atom. The number of carbonyl (C=O) groups excluding carboxylic acids is 1. The van der Waals surface area contributed by atoms with Crippen LogP contribution in [0.3, 0.4) is 0 Å². The van der Waals surface area contributed by atoms with E-state index in [1.54, 1.807) is 6.20 Å². The van der Waals surface area contributed by atoms with Crippen molar-refractivity contribution in [3.63, 3.8) is 0 Å². The first-order chi connectivity index (χ1) is 8.13. The van der Waals surface area contributed by atoms with E-state index in [0.717, 1.165) is 12.1 Å². The molecule has 0 atom stereocenters. The van der Waals surface area contributed by atoms with Gasteiger partial charge >= 0.3 is 6.03 Å². The molecule has 17 heavy (non-hydrogen) atoms. The Morgan fingerprint density at radius 1 is 1.29 bits per heavy atom. The van der Waals surface area contributed by atoms with Gasteiger partial charge in [0.05, 0.1) is 0 Å². The molecule has 1 aromatic carbocycles. The molecular weight excluding hydrogens is 212 g/mol. The van der Waals surface area contributed by atoms with Crippen LogP contribution in [0.25, 0.3) is 0 Å². The van der Waals surface area contributed by atoms with Gasteiger partial charge in [-0.1, -0.05) is 39.0 Å². The Bertz CT molecular complexity index is 380. The number of urea groups is 1. The minimum absolute atomic E-state index is 0.216. The first kappa shape index (κ1) is 13.3. The van der Waals surface area contributed by atoms with Gasteiger partial charge in [0.2, 0.25) is 0 Å². The van der Waals surface area contributed by atoms with Crippen LogP contribution in [0.1, 0.15) is 38.7 Å². The van der Waals surface area contributed by atoms with Gasteiger partial charge in [-0.25, -0.2) is 4.79 Å². The zero-order chi connectivity index (χ0) is 12.7. The predicted octanol–water partition coefficient (Wildman–Crippen LogP) is 3.86. The highest BCUT2D eigenvalue weighted by Gasteiger charge is 2.01. The minimum atomic E-state index is -0.216. The van der Waals surface area contributed by atoms with Crippen LogP contribution in [-0.2, 0) is 0 Å². The Hall–Kier alpha value is -1.77. The molecule has 3 nitrogen and oxygen atoms in total. The summed E-state index contributed by atoms with van der Waals surface area (Å²) in [4.78, 5) is 11.4. The summed E-state index contributed by atoms with van der Waals surface area (Å²) in [6, 6.07) is 7.67. The molecule has 3 heteroatoms. The Balaban J connectivity index is 2.51. The van der Waals surface area contributed by atoms with Crippen molar-refractivity contribution in [2.45, 2.75) is 33.1 Å². The largest absolute Gasteiger partial charge is 0.323 e. The molecule has 0 radical (unpaired) electrons. The van der Waals surface area contributed by atoms with Crippen molar-refractivity contribution in [2.24, 2.45) is 0 Å². The molecule has 0 aliphatic heterocycles. The maximum atomic E-state index is 11.4. The lowest BCUT2D eigenvalue weighted by molar-refractivity contribution is 0.255. The Labute approximate surface area is 103 Å². The Morgan fingerprint density at radius 3 is 2.47 bits per heavy atom. The SMILES string of the molecule is CC/C=C/NC(=O)Nc1ccc(C(C)C)cc1. The summed E-state index contributed by atoms with van der Waals surface area (Å²) in [5, 5.41) is 5.40. The van der Waals surface area contributed by atoms with Gasteiger partial charge in [-0.05, 0) is 30.0 Å². The van der Waals surface area contributed by atoms with E-state index < -0.39 is 0 Å². The van der Waals surface area contributed by atoms with Crippen LogP contribution in [0.2, 0.25) is 0 Å². The smallest absolute Gasteiger partial charge is 0.315 e. The average Bonchev–Trinajstić information content (AvgIpc) is 2.30. The number of carbonyl (C=O) groups is 1. The molecule has 92 valence electrons.